The van der Waals surface area contributed by atoms with Crippen LogP contribution in [0.1, 0.15) is 0 Å². The maximum Gasteiger partial charge on any atom is 0.479 e. The quantitative estimate of drug-likeness (QED) is 0.287. The van der Waals surface area contributed by atoms with Crippen molar-refractivity contribution in [2.75, 3.05) is 13.1 Å². The lowest BCUT2D eigenvalue weighted by Crippen LogP contribution is -2.19. The first-order chi connectivity index (χ1) is 3.77. The molecule has 0 aromatic carbocycles. The molecule has 0 bridgehead atoms. The third-order valence-electron chi connectivity index (χ3n) is 0.503. The largest absolute Gasteiger partial charge is 0.479 e. The van der Waals surface area contributed by atoms with Crippen molar-refractivity contribution in [3.05, 3.63) is 12.7 Å². The Kier molecular flexibility index (Phi) is 4.64. The van der Waals surface area contributed by atoms with E-state index in [0.717, 1.165) is 0 Å². The molecule has 46 valence electrons. The number of hydrogen-bond donors (Lipinski definition) is 2. The highest BCUT2D eigenvalue weighted by molar-refractivity contribution is 6.40. The van der Waals surface area contributed by atoms with E-state index in [1.165, 1.54) is 0 Å². The van der Waals surface area contributed by atoms with E-state index in [4.69, 9.17) is 10.0 Å². The molecule has 0 fully saturated rings. The molecule has 0 aliphatic heterocycles. The molecule has 0 aromatic heterocycles. The van der Waals surface area contributed by atoms with Crippen molar-refractivity contribution in [1.82, 2.24) is 0 Å². The van der Waals surface area contributed by atoms with E-state index < -0.39 is 7.12 Å². The molecule has 0 saturated heterocycles. The van der Waals surface area contributed by atoms with Gasteiger partial charge in [0.2, 0.25) is 0 Å². The Bertz CT molecular complexity index is 64.3. The monoisotopic (exact) mass is 116 g/mol. The van der Waals surface area contributed by atoms with Gasteiger partial charge in [0.05, 0.1) is 13.1 Å². The molecule has 0 aromatic rings. The van der Waals surface area contributed by atoms with E-state index in [9.17, 15) is 0 Å². The van der Waals surface area contributed by atoms with Gasteiger partial charge in [-0.15, -0.1) is 6.58 Å². The van der Waals surface area contributed by atoms with Gasteiger partial charge < -0.3 is 14.8 Å². The first-order valence-corrected chi connectivity index (χ1v) is 2.32. The van der Waals surface area contributed by atoms with Crippen LogP contribution in [0, 0.1) is 0 Å². The van der Waals surface area contributed by atoms with Crippen molar-refractivity contribution in [1.29, 1.82) is 0 Å². The maximum absolute atomic E-state index is 8.18. The third-order valence-corrected chi connectivity index (χ3v) is 0.503. The molecular weight excluding hydrogens is 107 g/mol. The highest BCUT2D eigenvalue weighted by Crippen LogP contribution is 1.74. The summed E-state index contributed by atoms with van der Waals surface area (Å²) in [5.41, 5.74) is 0. The van der Waals surface area contributed by atoms with Crippen LogP contribution in [0.3, 0.4) is 0 Å². The zero-order valence-electron chi connectivity index (χ0n) is 4.58. The highest BCUT2D eigenvalue weighted by atomic mass is 16.5. The number of rotatable bonds is 4. The fraction of sp³-hybridized carbons (Fsp3) is 0.500. The van der Waals surface area contributed by atoms with E-state index in [2.05, 4.69) is 11.3 Å². The Hall–Kier alpha value is -0.315. The lowest BCUT2D eigenvalue weighted by Gasteiger charge is -1.96. The summed E-state index contributed by atoms with van der Waals surface area (Å²) < 4.78 is 4.63. The second-order valence-electron chi connectivity index (χ2n) is 1.31. The predicted octanol–water partition coefficient (Wildman–Crippen LogP) is -0.799. The first kappa shape index (κ1) is 7.68. The summed E-state index contributed by atoms with van der Waals surface area (Å²) >= 11 is 0. The molecule has 0 heterocycles. The van der Waals surface area contributed by atoms with Crippen molar-refractivity contribution in [3.63, 3.8) is 0 Å². The van der Waals surface area contributed by atoms with Gasteiger partial charge in [0.1, 0.15) is 0 Å². The summed E-state index contributed by atoms with van der Waals surface area (Å²) in [4.78, 5) is 0. The lowest BCUT2D eigenvalue weighted by atomic mass is 9.95. The Labute approximate surface area is 48.7 Å². The molecule has 0 aliphatic carbocycles. The zero-order chi connectivity index (χ0) is 6.41. The highest BCUT2D eigenvalue weighted by Gasteiger charge is 2.03. The minimum absolute atomic E-state index is 0.0496. The normalized spacial score (nSPS) is 8.75. The molecular formula is C4H9BO3. The molecule has 4 heteroatoms. The SMILES string of the molecule is C=CCOCB(O)O. The molecule has 3 nitrogen and oxygen atoms in total. The van der Waals surface area contributed by atoms with E-state index in [-0.39, 0.29) is 6.51 Å². The van der Waals surface area contributed by atoms with Gasteiger partial charge in [-0.1, -0.05) is 6.08 Å². The second kappa shape index (κ2) is 4.83. The second-order valence-corrected chi connectivity index (χ2v) is 1.31. The van der Waals surface area contributed by atoms with Gasteiger partial charge >= 0.3 is 7.12 Å². The van der Waals surface area contributed by atoms with Crippen molar-refractivity contribution < 1.29 is 14.8 Å². The molecule has 0 rings (SSSR count). The summed E-state index contributed by atoms with van der Waals surface area (Å²) in [6.45, 7) is 3.68. The molecule has 0 spiro atoms. The minimum atomic E-state index is -1.37. The lowest BCUT2D eigenvalue weighted by molar-refractivity contribution is 0.181. The van der Waals surface area contributed by atoms with Crippen LogP contribution in [-0.4, -0.2) is 30.3 Å². The van der Waals surface area contributed by atoms with Crippen molar-refractivity contribution in [2.24, 2.45) is 0 Å². The predicted molar refractivity (Wildman–Crippen MR) is 31.2 cm³/mol. The number of hydrogen-bond acceptors (Lipinski definition) is 3. The first-order valence-electron chi connectivity index (χ1n) is 2.32. The van der Waals surface area contributed by atoms with Crippen LogP contribution in [0.4, 0.5) is 0 Å². The van der Waals surface area contributed by atoms with Gasteiger partial charge in [0, 0.05) is 0 Å². The average molecular weight is 116 g/mol. The summed E-state index contributed by atoms with van der Waals surface area (Å²) in [6.07, 6.45) is 1.54. The molecule has 0 amide bonds. The van der Waals surface area contributed by atoms with Crippen LogP contribution in [0.2, 0.25) is 0 Å². The molecule has 0 unspecified atom stereocenters. The molecule has 2 N–H and O–H groups in total. The van der Waals surface area contributed by atoms with Gasteiger partial charge in [0.15, 0.2) is 0 Å². The molecule has 0 atom stereocenters. The van der Waals surface area contributed by atoms with Crippen LogP contribution in [0.5, 0.6) is 0 Å². The Morgan fingerprint density at radius 1 is 1.62 bits per heavy atom. The zero-order valence-corrected chi connectivity index (χ0v) is 4.58. The average Bonchev–Trinajstić information content (AvgIpc) is 1.66. The molecule has 0 aliphatic rings. The fourth-order valence-electron chi connectivity index (χ4n) is 0.257. The molecule has 8 heavy (non-hydrogen) atoms. The van der Waals surface area contributed by atoms with Gasteiger partial charge in [-0.05, 0) is 0 Å². The van der Waals surface area contributed by atoms with Crippen molar-refractivity contribution in [3.8, 4) is 0 Å². The van der Waals surface area contributed by atoms with Crippen LogP contribution in [0.25, 0.3) is 0 Å². The van der Waals surface area contributed by atoms with E-state index in [0.29, 0.717) is 6.61 Å². The Balaban J connectivity index is 2.81. The van der Waals surface area contributed by atoms with Crippen LogP contribution in [-0.2, 0) is 4.74 Å². The van der Waals surface area contributed by atoms with Crippen LogP contribution >= 0.6 is 0 Å². The van der Waals surface area contributed by atoms with E-state index >= 15 is 0 Å². The maximum atomic E-state index is 8.18. The molecule has 0 radical (unpaired) electrons. The van der Waals surface area contributed by atoms with Crippen LogP contribution < -0.4 is 0 Å². The summed E-state index contributed by atoms with van der Waals surface area (Å²) in [6, 6.07) is 0. The van der Waals surface area contributed by atoms with Crippen molar-refractivity contribution in [2.45, 2.75) is 0 Å². The third kappa shape index (κ3) is 5.68. The number of ether oxygens (including phenoxy) is 1. The van der Waals surface area contributed by atoms with Gasteiger partial charge in [-0.25, -0.2) is 0 Å². The summed E-state index contributed by atoms with van der Waals surface area (Å²) in [5, 5.41) is 16.4. The minimum Gasteiger partial charge on any atom is -0.426 e. The van der Waals surface area contributed by atoms with Gasteiger partial charge in [-0.2, -0.15) is 0 Å². The van der Waals surface area contributed by atoms with E-state index in [1.54, 1.807) is 6.08 Å². The topological polar surface area (TPSA) is 49.7 Å². The fourth-order valence-corrected chi connectivity index (χ4v) is 0.257. The molecule has 0 saturated carbocycles. The van der Waals surface area contributed by atoms with Crippen LogP contribution in [0.15, 0.2) is 12.7 Å². The summed E-state index contributed by atoms with van der Waals surface area (Å²) in [5.74, 6) is 0. The Morgan fingerprint density at radius 3 is 2.62 bits per heavy atom. The standard InChI is InChI=1S/C4H9BO3/c1-2-3-8-4-5(6)7/h2,6-7H,1,3-4H2. The van der Waals surface area contributed by atoms with E-state index in [1.807, 2.05) is 0 Å². The van der Waals surface area contributed by atoms with Crippen molar-refractivity contribution >= 4 is 7.12 Å². The smallest absolute Gasteiger partial charge is 0.426 e. The van der Waals surface area contributed by atoms with Gasteiger partial charge in [0.25, 0.3) is 0 Å². The Morgan fingerprint density at radius 2 is 2.25 bits per heavy atom. The summed E-state index contributed by atoms with van der Waals surface area (Å²) in [7, 11) is -1.37. The van der Waals surface area contributed by atoms with Gasteiger partial charge in [-0.3, -0.25) is 0 Å².